The summed E-state index contributed by atoms with van der Waals surface area (Å²) in [5.41, 5.74) is 8.19. The molecule has 4 aromatic carbocycles. The van der Waals surface area contributed by atoms with Crippen molar-refractivity contribution < 1.29 is 0 Å². The van der Waals surface area contributed by atoms with Crippen LogP contribution in [-0.4, -0.2) is 9.97 Å². The van der Waals surface area contributed by atoms with Gasteiger partial charge in [0.25, 0.3) is 0 Å². The molecular weight excluding hydrogens is 352 g/mol. The minimum atomic E-state index is 0. The zero-order valence-electron chi connectivity index (χ0n) is 15.3. The van der Waals surface area contributed by atoms with Gasteiger partial charge >= 0.3 is 0 Å². The second-order valence-electron chi connectivity index (χ2n) is 7.94. The van der Waals surface area contributed by atoms with Crippen LogP contribution in [0.4, 0.5) is 0 Å². The highest BCUT2D eigenvalue weighted by atomic mass is 14.8. The molecule has 6 aromatic rings. The molecule has 1 aliphatic rings. The predicted molar refractivity (Wildman–Crippen MR) is 124 cm³/mol. The molecule has 0 unspecified atom stereocenters. The van der Waals surface area contributed by atoms with Crippen molar-refractivity contribution in [1.82, 2.24) is 9.97 Å². The number of aromatic amines is 2. The van der Waals surface area contributed by atoms with Crippen LogP contribution in [0.25, 0.3) is 43.4 Å². The Hall–Kier alpha value is -3.52. The van der Waals surface area contributed by atoms with Crippen molar-refractivity contribution >= 4 is 43.4 Å². The maximum atomic E-state index is 3.78. The fourth-order valence-electron chi connectivity index (χ4n) is 5.15. The number of hydrogen-bond acceptors (Lipinski definition) is 0. The van der Waals surface area contributed by atoms with E-state index in [1.54, 1.807) is 0 Å². The summed E-state index contributed by atoms with van der Waals surface area (Å²) in [4.78, 5) is 7.56. The molecule has 7 rings (SSSR count). The summed E-state index contributed by atoms with van der Waals surface area (Å²) in [6.45, 7) is 0. The molecule has 0 radical (unpaired) electrons. The molecule has 0 aliphatic heterocycles. The standard InChI is InChI=1S/C26H18N2.CH4/c1-3-7-17-15(5-1)9-11-19-21-13-24-22(14-23(21)27-25(17)19)20-12-10-16-6-2-4-8-18(16)26(20)28-24;/h1-12,27-28H,13-14H2;1H4. The van der Waals surface area contributed by atoms with E-state index in [9.17, 15) is 0 Å². The molecule has 2 aromatic heterocycles. The molecule has 2 N–H and O–H groups in total. The molecule has 2 heterocycles. The summed E-state index contributed by atoms with van der Waals surface area (Å²) in [5.74, 6) is 0. The Morgan fingerprint density at radius 1 is 0.483 bits per heavy atom. The van der Waals surface area contributed by atoms with Crippen molar-refractivity contribution in [2.75, 3.05) is 0 Å². The average molecular weight is 374 g/mol. The van der Waals surface area contributed by atoms with Crippen molar-refractivity contribution in [3.8, 4) is 0 Å². The summed E-state index contributed by atoms with van der Waals surface area (Å²) in [7, 11) is 0. The number of nitrogens with one attached hydrogen (secondary N) is 2. The van der Waals surface area contributed by atoms with Crippen LogP contribution in [-0.2, 0) is 12.8 Å². The smallest absolute Gasteiger partial charge is 0.0538 e. The lowest BCUT2D eigenvalue weighted by molar-refractivity contribution is 0.966. The van der Waals surface area contributed by atoms with E-state index in [4.69, 9.17) is 0 Å². The maximum absolute atomic E-state index is 3.78. The van der Waals surface area contributed by atoms with Crippen molar-refractivity contribution in [1.29, 1.82) is 0 Å². The van der Waals surface area contributed by atoms with Gasteiger partial charge in [0.2, 0.25) is 0 Å². The monoisotopic (exact) mass is 374 g/mol. The van der Waals surface area contributed by atoms with E-state index in [1.807, 2.05) is 0 Å². The lowest BCUT2D eigenvalue weighted by atomic mass is 9.91. The van der Waals surface area contributed by atoms with Gasteiger partial charge in [-0.1, -0.05) is 80.2 Å². The van der Waals surface area contributed by atoms with Gasteiger partial charge < -0.3 is 9.97 Å². The summed E-state index contributed by atoms with van der Waals surface area (Å²) in [6, 6.07) is 26.4. The molecule has 0 bridgehead atoms. The van der Waals surface area contributed by atoms with Gasteiger partial charge in [0, 0.05) is 45.8 Å². The zero-order chi connectivity index (χ0) is 18.2. The normalized spacial score (nSPS) is 13.0. The highest BCUT2D eigenvalue weighted by Crippen LogP contribution is 2.39. The van der Waals surface area contributed by atoms with Gasteiger partial charge in [-0.05, 0) is 21.9 Å². The minimum absolute atomic E-state index is 0. The largest absolute Gasteiger partial charge is 0.357 e. The predicted octanol–water partition coefficient (Wildman–Crippen LogP) is 7.09. The molecule has 2 heteroatoms. The fraction of sp³-hybridized carbons (Fsp3) is 0.111. The molecular formula is C27H22N2. The topological polar surface area (TPSA) is 31.6 Å². The van der Waals surface area contributed by atoms with Crippen molar-refractivity contribution in [2.45, 2.75) is 20.3 Å². The van der Waals surface area contributed by atoms with Crippen LogP contribution in [0.3, 0.4) is 0 Å². The number of hydrogen-bond donors (Lipinski definition) is 2. The third-order valence-corrected chi connectivity index (χ3v) is 6.50. The van der Waals surface area contributed by atoms with Crippen LogP contribution in [0.5, 0.6) is 0 Å². The highest BCUT2D eigenvalue weighted by Gasteiger charge is 2.24. The Labute approximate surface area is 169 Å². The van der Waals surface area contributed by atoms with Crippen LogP contribution in [0.1, 0.15) is 29.9 Å². The highest BCUT2D eigenvalue weighted by molar-refractivity contribution is 6.09. The number of aromatic nitrogens is 2. The first-order chi connectivity index (χ1) is 13.9. The first-order valence-corrected chi connectivity index (χ1v) is 9.89. The molecule has 0 fully saturated rings. The van der Waals surface area contributed by atoms with Crippen molar-refractivity contribution in [2.24, 2.45) is 0 Å². The molecule has 2 nitrogen and oxygen atoms in total. The Bertz CT molecular complexity index is 1440. The molecule has 1 aliphatic carbocycles. The third-order valence-electron chi connectivity index (χ3n) is 6.50. The number of H-pyrrole nitrogens is 2. The lowest BCUT2D eigenvalue weighted by Gasteiger charge is -2.13. The minimum Gasteiger partial charge on any atom is -0.357 e. The van der Waals surface area contributed by atoms with E-state index < -0.39 is 0 Å². The van der Waals surface area contributed by atoms with Crippen molar-refractivity contribution in [3.05, 3.63) is 95.3 Å². The van der Waals surface area contributed by atoms with Crippen LogP contribution in [0, 0.1) is 0 Å². The van der Waals surface area contributed by atoms with Crippen molar-refractivity contribution in [3.63, 3.8) is 0 Å². The SMILES string of the molecule is C.c1ccc2c(c1)ccc1c3c([nH]c12)Cc1c([nH]c2c1ccc1ccccc12)C3. The Balaban J connectivity index is 0.00000165. The van der Waals surface area contributed by atoms with Crippen LogP contribution in [0.2, 0.25) is 0 Å². The summed E-state index contributed by atoms with van der Waals surface area (Å²) in [5, 5.41) is 7.95. The van der Waals surface area contributed by atoms with E-state index >= 15 is 0 Å². The van der Waals surface area contributed by atoms with Gasteiger partial charge in [-0.2, -0.15) is 0 Å². The molecule has 0 saturated carbocycles. The first-order valence-electron chi connectivity index (χ1n) is 9.89. The zero-order valence-corrected chi connectivity index (χ0v) is 15.3. The molecule has 0 amide bonds. The summed E-state index contributed by atoms with van der Waals surface area (Å²) in [6.07, 6.45) is 1.93. The van der Waals surface area contributed by atoms with Gasteiger partial charge in [-0.15, -0.1) is 0 Å². The van der Waals surface area contributed by atoms with Crippen LogP contribution in [0.15, 0.2) is 72.8 Å². The van der Waals surface area contributed by atoms with Gasteiger partial charge in [-0.25, -0.2) is 0 Å². The van der Waals surface area contributed by atoms with E-state index in [2.05, 4.69) is 82.8 Å². The Kier molecular flexibility index (Phi) is 3.25. The van der Waals surface area contributed by atoms with Gasteiger partial charge in [0.1, 0.15) is 0 Å². The number of fused-ring (bicyclic) bond motifs is 10. The molecule has 0 saturated heterocycles. The summed E-state index contributed by atoms with van der Waals surface area (Å²) >= 11 is 0. The number of rotatable bonds is 0. The Morgan fingerprint density at radius 3 is 1.41 bits per heavy atom. The second kappa shape index (κ2) is 5.74. The van der Waals surface area contributed by atoms with E-state index in [0.717, 1.165) is 12.8 Å². The Morgan fingerprint density at radius 2 is 0.931 bits per heavy atom. The fourth-order valence-corrected chi connectivity index (χ4v) is 5.15. The molecule has 0 spiro atoms. The van der Waals surface area contributed by atoms with Gasteiger partial charge in [0.15, 0.2) is 0 Å². The number of benzene rings is 4. The quantitative estimate of drug-likeness (QED) is 0.284. The van der Waals surface area contributed by atoms with E-state index in [-0.39, 0.29) is 7.43 Å². The van der Waals surface area contributed by atoms with Gasteiger partial charge in [-0.3, -0.25) is 0 Å². The van der Waals surface area contributed by atoms with E-state index in [1.165, 1.54) is 65.9 Å². The van der Waals surface area contributed by atoms with Crippen LogP contribution < -0.4 is 0 Å². The molecule has 29 heavy (non-hydrogen) atoms. The maximum Gasteiger partial charge on any atom is 0.0538 e. The van der Waals surface area contributed by atoms with Crippen LogP contribution >= 0.6 is 0 Å². The van der Waals surface area contributed by atoms with E-state index in [0.29, 0.717) is 0 Å². The van der Waals surface area contributed by atoms with Gasteiger partial charge in [0.05, 0.1) is 11.0 Å². The molecule has 140 valence electrons. The second-order valence-corrected chi connectivity index (χ2v) is 7.94. The first kappa shape index (κ1) is 16.4. The lowest BCUT2D eigenvalue weighted by Crippen LogP contribution is -2.04. The average Bonchev–Trinajstić information content (AvgIpc) is 3.30. The molecule has 0 atom stereocenters. The summed E-state index contributed by atoms with van der Waals surface area (Å²) < 4.78 is 0. The third kappa shape index (κ3) is 2.11.